The number of nitrogens with zero attached hydrogens (tertiary/aromatic N) is 8. The number of aliphatic carboxylic acids is 4. The maximum atomic E-state index is 13.6. The lowest BCUT2D eigenvalue weighted by Crippen LogP contribution is -2.41. The van der Waals surface area contributed by atoms with Crippen LogP contribution in [0.3, 0.4) is 0 Å². The predicted molar refractivity (Wildman–Crippen MR) is 251 cm³/mol. The summed E-state index contributed by atoms with van der Waals surface area (Å²) in [6.07, 6.45) is -0.372. The molecule has 2 aromatic carbocycles. The Morgan fingerprint density at radius 2 is 0.986 bits per heavy atom. The number of hydrogen-bond acceptors (Lipinski definition) is 23. The summed E-state index contributed by atoms with van der Waals surface area (Å²) in [7, 11) is 0. The van der Waals surface area contributed by atoms with Crippen LogP contribution in [0.25, 0.3) is 22.3 Å². The molecule has 0 bridgehead atoms. The topological polar surface area (TPSA) is 488 Å². The van der Waals surface area contributed by atoms with Crippen LogP contribution in [0.5, 0.6) is 0 Å². The van der Waals surface area contributed by atoms with Crippen LogP contribution in [-0.4, -0.2) is 126 Å². The zero-order chi connectivity index (χ0) is 53.8. The van der Waals surface area contributed by atoms with Gasteiger partial charge >= 0.3 is 46.9 Å². The maximum Gasteiger partial charge on any atom is 0.348 e. The van der Waals surface area contributed by atoms with Crippen molar-refractivity contribution in [3.8, 4) is 0 Å². The predicted octanol–water partition coefficient (Wildman–Crippen LogP) is -1.26. The Balaban J connectivity index is 1.19. The summed E-state index contributed by atoms with van der Waals surface area (Å²) in [4.78, 5) is 164. The summed E-state index contributed by atoms with van der Waals surface area (Å²) in [5, 5.41) is 43.4. The van der Waals surface area contributed by atoms with Crippen LogP contribution in [0.1, 0.15) is 70.6 Å². The summed E-state index contributed by atoms with van der Waals surface area (Å²) in [5.41, 5.74) is 15.5. The second-order valence-corrected chi connectivity index (χ2v) is 15.8. The van der Waals surface area contributed by atoms with Crippen LogP contribution < -0.4 is 49.1 Å². The molecule has 0 saturated carbocycles. The molecular weight excluding hydrogens is 983 g/mol. The van der Waals surface area contributed by atoms with E-state index in [1.54, 1.807) is 0 Å². The zero-order valence-electron chi connectivity index (χ0n) is 38.2. The van der Waals surface area contributed by atoms with E-state index in [0.717, 1.165) is 10.1 Å². The third kappa shape index (κ3) is 14.2. The maximum absolute atomic E-state index is 13.6. The molecule has 2 amide bonds. The normalized spacial score (nSPS) is 12.2. The number of benzene rings is 2. The molecular formula is C43H43N15O16. The van der Waals surface area contributed by atoms with Crippen LogP contribution in [0.4, 0.5) is 23.3 Å². The quantitative estimate of drug-likeness (QED) is 0.0315. The fourth-order valence-electron chi connectivity index (χ4n) is 6.58. The van der Waals surface area contributed by atoms with Crippen molar-refractivity contribution in [3.63, 3.8) is 0 Å². The van der Waals surface area contributed by atoms with E-state index in [1.165, 1.54) is 60.9 Å². The number of amides is 2. The second-order valence-electron chi connectivity index (χ2n) is 15.8. The highest BCUT2D eigenvalue weighted by Gasteiger charge is 2.27. The number of carbonyl (C=O) groups excluding carboxylic acids is 4. The van der Waals surface area contributed by atoms with E-state index >= 15 is 0 Å². The lowest BCUT2D eigenvalue weighted by molar-refractivity contribution is -0.149. The molecule has 31 heteroatoms. The van der Waals surface area contributed by atoms with Crippen LogP contribution >= 0.6 is 0 Å². The number of rotatable bonds is 24. The van der Waals surface area contributed by atoms with Crippen molar-refractivity contribution in [1.82, 2.24) is 50.5 Å². The molecule has 386 valence electrons. The second kappa shape index (κ2) is 23.6. The molecule has 4 heterocycles. The largest absolute Gasteiger partial charge is 0.481 e. The summed E-state index contributed by atoms with van der Waals surface area (Å²) < 4.78 is 0. The molecule has 0 aliphatic carbocycles. The van der Waals surface area contributed by atoms with Crippen molar-refractivity contribution in [2.24, 2.45) is 5.73 Å². The van der Waals surface area contributed by atoms with Crippen LogP contribution in [0.2, 0.25) is 0 Å². The number of aromatic amines is 2. The average molecular weight is 1030 g/mol. The highest BCUT2D eigenvalue weighted by atomic mass is 16.7. The molecule has 14 N–H and O–H groups in total. The first-order chi connectivity index (χ1) is 35.1. The molecule has 0 aliphatic rings. The highest BCUT2D eigenvalue weighted by molar-refractivity contribution is 5.98. The summed E-state index contributed by atoms with van der Waals surface area (Å²) in [6, 6.07) is 5.60. The number of nitrogens with two attached hydrogens (primary N) is 3. The van der Waals surface area contributed by atoms with E-state index in [-0.39, 0.29) is 74.7 Å². The number of carbonyl (C=O) groups is 8. The minimum atomic E-state index is -1.54. The first-order valence-electron chi connectivity index (χ1n) is 21.6. The first kappa shape index (κ1) is 53.2. The Bertz CT molecular complexity index is 3260. The monoisotopic (exact) mass is 1030 g/mol. The van der Waals surface area contributed by atoms with Crippen molar-refractivity contribution in [2.45, 2.75) is 69.7 Å². The number of nitrogens with one attached hydrogen (secondary N) is 4. The van der Waals surface area contributed by atoms with Crippen molar-refractivity contribution < 1.29 is 68.5 Å². The van der Waals surface area contributed by atoms with Gasteiger partial charge in [0.25, 0.3) is 11.8 Å². The third-order valence-electron chi connectivity index (χ3n) is 10.3. The van der Waals surface area contributed by atoms with Gasteiger partial charge in [0, 0.05) is 24.0 Å². The van der Waals surface area contributed by atoms with Crippen LogP contribution in [-0.2, 0) is 51.5 Å². The van der Waals surface area contributed by atoms with E-state index in [9.17, 15) is 58.2 Å². The van der Waals surface area contributed by atoms with Gasteiger partial charge in [-0.25, -0.2) is 49.2 Å². The Labute approximate surface area is 412 Å². The number of hydrogen-bond donors (Lipinski definition) is 11. The fourth-order valence-corrected chi connectivity index (χ4v) is 6.58. The van der Waals surface area contributed by atoms with Crippen molar-refractivity contribution in [2.75, 3.05) is 21.6 Å². The number of aromatic nitrogens is 8. The van der Waals surface area contributed by atoms with Gasteiger partial charge in [-0.15, -0.1) is 0 Å². The Hall–Kier alpha value is -10.2. The van der Waals surface area contributed by atoms with Crippen molar-refractivity contribution >= 4 is 93.2 Å². The number of anilines is 4. The van der Waals surface area contributed by atoms with E-state index in [1.807, 2.05) is 0 Å². The standard InChI is InChI=1S/C43H43N15O16/c44-25(41(72)74-58(18-22-16-48-34-32(50-22)38(67)56-43(46)54-34)24-7-3-20(4-8-24)36(65)52-27(40(70)71)11-13-29(61)62)9-14-30(63)73-57(17-21-15-47-33-31(49-21)37(66)55-42(45)53-33)23-5-1-19(2-6-23)35(64)51-26(39(68)69)10-12-28(59)60/h1-8,15-16,25-27H,9-14,17-18,44H2,(H,51,64)(H,52,65)(H,59,60)(H,61,62)(H,68,69)(H,70,71)(H3,45,47,53,55,66)(H3,46,48,54,56,67)/t25-,26-,27-/m0/s1. The van der Waals surface area contributed by atoms with Gasteiger partial charge in [-0.05, 0) is 67.8 Å². The van der Waals surface area contributed by atoms with Gasteiger partial charge in [0.1, 0.15) is 31.2 Å². The minimum absolute atomic E-state index is 0.00205. The van der Waals surface area contributed by atoms with Gasteiger partial charge in [-0.3, -0.25) is 28.8 Å². The molecule has 6 aromatic rings. The molecule has 0 unspecified atom stereocenters. The number of carboxylic acids is 4. The summed E-state index contributed by atoms with van der Waals surface area (Å²) in [6.45, 7) is -0.802. The highest BCUT2D eigenvalue weighted by Crippen LogP contribution is 2.22. The molecule has 0 fully saturated rings. The Morgan fingerprint density at radius 3 is 1.38 bits per heavy atom. The average Bonchev–Trinajstić information content (AvgIpc) is 3.35. The fraction of sp³-hybridized carbons (Fsp3) is 0.256. The first-order valence-corrected chi connectivity index (χ1v) is 21.6. The van der Waals surface area contributed by atoms with Gasteiger partial charge in [0.2, 0.25) is 11.9 Å². The number of carboxylic acid groups (broad SMARTS) is 4. The molecule has 0 radical (unpaired) electrons. The molecule has 74 heavy (non-hydrogen) atoms. The molecule has 4 aromatic heterocycles. The lowest BCUT2D eigenvalue weighted by atomic mass is 10.1. The van der Waals surface area contributed by atoms with Gasteiger partial charge in [0.05, 0.1) is 41.6 Å². The van der Waals surface area contributed by atoms with E-state index in [0.29, 0.717) is 0 Å². The van der Waals surface area contributed by atoms with E-state index < -0.39 is 122 Å². The molecule has 3 atom stereocenters. The molecule has 0 saturated heterocycles. The van der Waals surface area contributed by atoms with Crippen LogP contribution in [0.15, 0.2) is 70.5 Å². The van der Waals surface area contributed by atoms with Gasteiger partial charge in [-0.2, -0.15) is 9.97 Å². The summed E-state index contributed by atoms with van der Waals surface area (Å²) in [5.74, 6) is -9.76. The third-order valence-corrected chi connectivity index (χ3v) is 10.3. The number of fused-ring (bicyclic) bond motifs is 2. The van der Waals surface area contributed by atoms with E-state index in [4.69, 9.17) is 37.1 Å². The van der Waals surface area contributed by atoms with Crippen molar-refractivity contribution in [3.05, 3.63) is 104 Å². The zero-order valence-corrected chi connectivity index (χ0v) is 38.2. The molecule has 6 rings (SSSR count). The molecule has 0 aliphatic heterocycles. The van der Waals surface area contributed by atoms with Crippen LogP contribution in [0, 0.1) is 0 Å². The van der Waals surface area contributed by atoms with Gasteiger partial charge in [0.15, 0.2) is 22.3 Å². The van der Waals surface area contributed by atoms with Gasteiger partial charge < -0.3 is 67.9 Å². The number of H-pyrrole nitrogens is 2. The van der Waals surface area contributed by atoms with Gasteiger partial charge in [-0.1, -0.05) is 0 Å². The van der Waals surface area contributed by atoms with E-state index in [2.05, 4.69) is 50.5 Å². The molecule has 0 spiro atoms. The Morgan fingerprint density at radius 1 is 0.581 bits per heavy atom. The lowest BCUT2D eigenvalue weighted by Gasteiger charge is -2.25. The molecule has 31 nitrogen and oxygen atoms in total. The minimum Gasteiger partial charge on any atom is -0.481 e. The number of nitrogen functional groups attached to an aromatic ring is 2. The smallest absolute Gasteiger partial charge is 0.348 e. The van der Waals surface area contributed by atoms with Crippen molar-refractivity contribution in [1.29, 1.82) is 0 Å². The number of hydroxylamine groups is 2. The SMILES string of the molecule is Nc1nc(=O)c2nc(CN(OC(=O)CC[C@H](N)C(=O)ON(Cc3cnc4[nH]c(N)nc(=O)c4n3)c3ccc(C(=O)N[C@@H](CCC(=O)O)C(=O)O)cc3)c3ccc(C(=O)N[C@@H](CCC(=O)O)C(=O)O)cc3)cnc2[nH]1. The summed E-state index contributed by atoms with van der Waals surface area (Å²) >= 11 is 0. The Kier molecular flexibility index (Phi) is 17.0.